The topological polar surface area (TPSA) is 0 Å². The van der Waals surface area contributed by atoms with Crippen LogP contribution in [0.4, 0.5) is 0 Å². The van der Waals surface area contributed by atoms with Crippen LogP contribution in [-0.4, -0.2) is 17.4 Å². The molecule has 0 aliphatic rings. The summed E-state index contributed by atoms with van der Waals surface area (Å²) in [6.45, 7) is 13.8. The van der Waals surface area contributed by atoms with Gasteiger partial charge < -0.3 is 0 Å². The molecular formula is C12H26S. The van der Waals surface area contributed by atoms with Crippen LogP contribution in [0.2, 0.25) is 0 Å². The van der Waals surface area contributed by atoms with Crippen molar-refractivity contribution in [1.29, 1.82) is 0 Å². The smallest absolute Gasteiger partial charge is 0.00739 e. The van der Waals surface area contributed by atoms with Gasteiger partial charge in [0.2, 0.25) is 0 Å². The Morgan fingerprint density at radius 1 is 0.923 bits per heavy atom. The van der Waals surface area contributed by atoms with E-state index in [1.807, 2.05) is 0 Å². The highest BCUT2D eigenvalue weighted by atomic mass is 32.2. The summed E-state index contributed by atoms with van der Waals surface area (Å²) in [4.78, 5) is 0. The quantitative estimate of drug-likeness (QED) is 0.603. The molecule has 13 heavy (non-hydrogen) atoms. The first-order valence-corrected chi connectivity index (χ1v) is 6.81. The minimum Gasteiger partial charge on any atom is -0.193 e. The van der Waals surface area contributed by atoms with Gasteiger partial charge in [0.05, 0.1) is 0 Å². The molecule has 0 aliphatic heterocycles. The molecule has 0 heterocycles. The van der Waals surface area contributed by atoms with E-state index < -0.39 is 0 Å². The molecule has 80 valence electrons. The van der Waals surface area contributed by atoms with E-state index in [0.717, 1.165) is 0 Å². The highest BCUT2D eigenvalue weighted by molar-refractivity contribution is 8.14. The number of hydrogen-bond donors (Lipinski definition) is 0. The summed E-state index contributed by atoms with van der Waals surface area (Å²) in [5.74, 6) is 6.81. The third kappa shape index (κ3) is 10.1. The van der Waals surface area contributed by atoms with Gasteiger partial charge in [0.15, 0.2) is 0 Å². The van der Waals surface area contributed by atoms with E-state index in [0.29, 0.717) is 21.3 Å². The highest BCUT2D eigenvalue weighted by Gasteiger charge is 2.14. The van der Waals surface area contributed by atoms with Crippen molar-refractivity contribution in [1.82, 2.24) is 0 Å². The van der Waals surface area contributed by atoms with Crippen LogP contribution >= 0.6 is 10.5 Å². The second-order valence-corrected chi connectivity index (χ2v) is 8.25. The molecule has 0 amide bonds. The van der Waals surface area contributed by atoms with Crippen LogP contribution in [0.25, 0.3) is 0 Å². The maximum atomic E-state index is 4.25. The monoisotopic (exact) mass is 202 g/mol. The average Bonchev–Trinajstić information content (AvgIpc) is 1.78. The van der Waals surface area contributed by atoms with Gasteiger partial charge in [-0.25, -0.2) is 0 Å². The van der Waals surface area contributed by atoms with Crippen LogP contribution in [0.1, 0.15) is 48.0 Å². The van der Waals surface area contributed by atoms with Crippen LogP contribution in [-0.2, 0) is 0 Å². The van der Waals surface area contributed by atoms with Crippen molar-refractivity contribution >= 4 is 16.4 Å². The minimum atomic E-state index is 0.364. The first-order chi connectivity index (χ1) is 5.60. The van der Waals surface area contributed by atoms with Crippen molar-refractivity contribution in [3.63, 3.8) is 0 Å². The summed E-state index contributed by atoms with van der Waals surface area (Å²) in [5.41, 5.74) is 0.920. The van der Waals surface area contributed by atoms with Gasteiger partial charge in [0.25, 0.3) is 0 Å². The van der Waals surface area contributed by atoms with Crippen molar-refractivity contribution in [3.05, 3.63) is 0 Å². The Balaban J connectivity index is 3.78. The third-order valence-electron chi connectivity index (χ3n) is 1.78. The Hall–Kier alpha value is 0.220. The van der Waals surface area contributed by atoms with E-state index in [1.165, 1.54) is 17.9 Å². The normalized spacial score (nSPS) is 15.8. The van der Waals surface area contributed by atoms with Crippen LogP contribution in [0.3, 0.4) is 0 Å². The lowest BCUT2D eigenvalue weighted by molar-refractivity contribution is 0.400. The van der Waals surface area contributed by atoms with E-state index in [2.05, 4.69) is 47.4 Å². The van der Waals surface area contributed by atoms with Gasteiger partial charge >= 0.3 is 0 Å². The van der Waals surface area contributed by atoms with Gasteiger partial charge in [-0.2, -0.15) is 10.5 Å². The van der Waals surface area contributed by atoms with Gasteiger partial charge in [-0.15, -0.1) is 0 Å². The summed E-state index contributed by atoms with van der Waals surface area (Å²) in [5, 5.41) is 0. The maximum absolute atomic E-state index is 4.25. The van der Waals surface area contributed by atoms with Crippen LogP contribution in [0.5, 0.6) is 0 Å². The molecule has 0 aromatic rings. The van der Waals surface area contributed by atoms with E-state index in [9.17, 15) is 0 Å². The van der Waals surface area contributed by atoms with Gasteiger partial charge in [-0.05, 0) is 28.8 Å². The van der Waals surface area contributed by atoms with Crippen LogP contribution < -0.4 is 0 Å². The van der Waals surface area contributed by atoms with Crippen molar-refractivity contribution in [2.45, 2.75) is 48.0 Å². The SMILES string of the molecule is C=S(CCC(C)(C)C)CC(C)(C)C. The van der Waals surface area contributed by atoms with Crippen molar-refractivity contribution in [2.24, 2.45) is 10.8 Å². The van der Waals surface area contributed by atoms with E-state index >= 15 is 0 Å². The maximum Gasteiger partial charge on any atom is -0.00739 e. The zero-order valence-electron chi connectivity index (χ0n) is 10.2. The molecule has 0 nitrogen and oxygen atoms in total. The number of rotatable bonds is 3. The van der Waals surface area contributed by atoms with E-state index in [-0.39, 0.29) is 0 Å². The largest absolute Gasteiger partial charge is 0.193 e. The molecule has 0 saturated carbocycles. The second-order valence-electron chi connectivity index (χ2n) is 6.33. The van der Waals surface area contributed by atoms with Crippen molar-refractivity contribution < 1.29 is 0 Å². The molecule has 0 aliphatic carbocycles. The first-order valence-electron chi connectivity index (χ1n) is 5.07. The lowest BCUT2D eigenvalue weighted by Crippen LogP contribution is -2.13. The molecule has 1 heteroatoms. The fraction of sp³-hybridized carbons (Fsp3) is 0.917. The fourth-order valence-electron chi connectivity index (χ4n) is 1.14. The summed E-state index contributed by atoms with van der Waals surface area (Å²) in [6.07, 6.45) is 1.30. The van der Waals surface area contributed by atoms with E-state index in [4.69, 9.17) is 0 Å². The predicted octanol–water partition coefficient (Wildman–Crippen LogP) is 4.17. The van der Waals surface area contributed by atoms with Gasteiger partial charge in [0, 0.05) is 0 Å². The van der Waals surface area contributed by atoms with Crippen molar-refractivity contribution in [2.75, 3.05) is 11.5 Å². The third-order valence-corrected chi connectivity index (χ3v) is 3.83. The van der Waals surface area contributed by atoms with Crippen LogP contribution in [0.15, 0.2) is 0 Å². The van der Waals surface area contributed by atoms with Gasteiger partial charge in [0.1, 0.15) is 0 Å². The Kier molecular flexibility index (Phi) is 4.71. The molecule has 0 aromatic carbocycles. The summed E-state index contributed by atoms with van der Waals surface area (Å²) in [7, 11) is 0.364. The van der Waals surface area contributed by atoms with Crippen molar-refractivity contribution in [3.8, 4) is 0 Å². The zero-order chi connectivity index (χ0) is 10.7. The van der Waals surface area contributed by atoms with Crippen LogP contribution in [0, 0.1) is 10.8 Å². The standard InChI is InChI=1S/C12H26S/c1-11(2,3)8-9-13(7)10-12(4,5)6/h7-10H2,1-6H3. The molecule has 0 saturated heterocycles. The summed E-state index contributed by atoms with van der Waals surface area (Å²) < 4.78 is 0. The molecule has 1 atom stereocenters. The summed E-state index contributed by atoms with van der Waals surface area (Å²) >= 11 is 0. The molecule has 0 bridgehead atoms. The second kappa shape index (κ2) is 4.63. The molecule has 0 aromatic heterocycles. The first kappa shape index (κ1) is 13.2. The molecule has 0 rings (SSSR count). The summed E-state index contributed by atoms with van der Waals surface area (Å²) in [6, 6.07) is 0. The Bertz CT molecular complexity index is 167. The zero-order valence-corrected chi connectivity index (χ0v) is 11.1. The molecule has 0 N–H and O–H groups in total. The Morgan fingerprint density at radius 3 is 1.69 bits per heavy atom. The number of hydrogen-bond acceptors (Lipinski definition) is 0. The van der Waals surface area contributed by atoms with Gasteiger partial charge in [-0.3, -0.25) is 0 Å². The predicted molar refractivity (Wildman–Crippen MR) is 68.0 cm³/mol. The molecular weight excluding hydrogens is 176 g/mol. The van der Waals surface area contributed by atoms with Gasteiger partial charge in [-0.1, -0.05) is 47.4 Å². The molecule has 0 fully saturated rings. The molecule has 0 radical (unpaired) electrons. The Morgan fingerprint density at radius 2 is 1.38 bits per heavy atom. The lowest BCUT2D eigenvalue weighted by Gasteiger charge is -2.23. The fourth-order valence-corrected chi connectivity index (χ4v) is 3.41. The minimum absolute atomic E-state index is 0.364. The Labute approximate surface area is 87.0 Å². The molecule has 1 unspecified atom stereocenters. The highest BCUT2D eigenvalue weighted by Crippen LogP contribution is 2.29. The lowest BCUT2D eigenvalue weighted by atomic mass is 9.94. The van der Waals surface area contributed by atoms with E-state index in [1.54, 1.807) is 0 Å². The molecule has 0 spiro atoms. The average molecular weight is 202 g/mol.